The largest absolute Gasteiger partial charge is 0.271 e. The van der Waals surface area contributed by atoms with Crippen LogP contribution in [0.5, 0.6) is 0 Å². The maximum atomic E-state index is 5.57. The molecule has 1 rings (SSSR count). The first-order chi connectivity index (χ1) is 7.21. The molecule has 0 radical (unpaired) electrons. The Morgan fingerprint density at radius 2 is 2.13 bits per heavy atom. The molecule has 0 aromatic carbocycles. The summed E-state index contributed by atoms with van der Waals surface area (Å²) in [5.41, 5.74) is 3.88. The van der Waals surface area contributed by atoms with Crippen LogP contribution in [0, 0.1) is 5.92 Å². The topological polar surface area (TPSA) is 68.8 Å². The smallest absolute Gasteiger partial charge is 0.0843 e. The fourth-order valence-electron chi connectivity index (χ4n) is 1.93. The Morgan fingerprint density at radius 3 is 2.53 bits per heavy atom. The summed E-state index contributed by atoms with van der Waals surface area (Å²) in [5, 5.41) is 7.98. The quantitative estimate of drug-likeness (QED) is 0.535. The number of hydrogen-bond donors (Lipinski definition) is 2. The molecule has 0 saturated carbocycles. The Balaban J connectivity index is 2.60. The van der Waals surface area contributed by atoms with Gasteiger partial charge in [-0.25, -0.2) is 0 Å². The van der Waals surface area contributed by atoms with E-state index in [1.807, 2.05) is 13.2 Å². The molecule has 0 saturated heterocycles. The van der Waals surface area contributed by atoms with Gasteiger partial charge in [-0.2, -0.15) is 0 Å². The first-order valence-electron chi connectivity index (χ1n) is 5.52. The third-order valence-electron chi connectivity index (χ3n) is 2.91. The lowest BCUT2D eigenvalue weighted by Gasteiger charge is -2.23. The zero-order valence-corrected chi connectivity index (χ0v) is 9.77. The fraction of sp³-hybridized carbons (Fsp3) is 0.800. The van der Waals surface area contributed by atoms with Crippen molar-refractivity contribution in [3.8, 4) is 0 Å². The molecule has 1 unspecified atom stereocenters. The number of nitrogens with two attached hydrogens (primary N) is 1. The van der Waals surface area contributed by atoms with Gasteiger partial charge in [-0.1, -0.05) is 31.9 Å². The van der Waals surface area contributed by atoms with Gasteiger partial charge in [0.15, 0.2) is 0 Å². The molecule has 1 aromatic heterocycles. The molecule has 0 fully saturated rings. The Morgan fingerprint density at radius 1 is 1.47 bits per heavy atom. The molecule has 1 atom stereocenters. The molecule has 0 aliphatic rings. The minimum Gasteiger partial charge on any atom is -0.271 e. The molecular formula is C10H21N5. The second-order valence-electron chi connectivity index (χ2n) is 3.94. The van der Waals surface area contributed by atoms with Gasteiger partial charge in [0.1, 0.15) is 0 Å². The van der Waals surface area contributed by atoms with E-state index in [0.29, 0.717) is 5.92 Å². The SMILES string of the molecule is CCC(CC)C(Cc1cn(C)nn1)NN. The minimum absolute atomic E-state index is 0.289. The van der Waals surface area contributed by atoms with Crippen molar-refractivity contribution in [1.29, 1.82) is 0 Å². The highest BCUT2D eigenvalue weighted by atomic mass is 15.4. The van der Waals surface area contributed by atoms with Crippen molar-refractivity contribution in [3.05, 3.63) is 11.9 Å². The van der Waals surface area contributed by atoms with E-state index in [9.17, 15) is 0 Å². The average molecular weight is 211 g/mol. The molecule has 0 amide bonds. The number of aromatic nitrogens is 3. The highest BCUT2D eigenvalue weighted by Crippen LogP contribution is 2.15. The van der Waals surface area contributed by atoms with E-state index in [4.69, 9.17) is 5.84 Å². The summed E-state index contributed by atoms with van der Waals surface area (Å²) >= 11 is 0. The van der Waals surface area contributed by atoms with Gasteiger partial charge in [0.2, 0.25) is 0 Å². The van der Waals surface area contributed by atoms with Gasteiger partial charge in [-0.05, 0) is 5.92 Å². The summed E-state index contributed by atoms with van der Waals surface area (Å²) in [6, 6.07) is 0.289. The lowest BCUT2D eigenvalue weighted by Crippen LogP contribution is -2.42. The summed E-state index contributed by atoms with van der Waals surface area (Å²) in [6.45, 7) is 4.38. The van der Waals surface area contributed by atoms with Crippen LogP contribution in [0.1, 0.15) is 32.4 Å². The van der Waals surface area contributed by atoms with Crippen LogP contribution in [0.3, 0.4) is 0 Å². The number of hydrogen-bond acceptors (Lipinski definition) is 4. The molecule has 5 nitrogen and oxygen atoms in total. The van der Waals surface area contributed by atoms with Gasteiger partial charge in [0.05, 0.1) is 5.69 Å². The van der Waals surface area contributed by atoms with Crippen molar-refractivity contribution in [1.82, 2.24) is 20.4 Å². The number of nitrogens with one attached hydrogen (secondary N) is 1. The number of nitrogens with zero attached hydrogens (tertiary/aromatic N) is 3. The van der Waals surface area contributed by atoms with E-state index in [-0.39, 0.29) is 6.04 Å². The second kappa shape index (κ2) is 5.82. The molecule has 1 heterocycles. The van der Waals surface area contributed by atoms with E-state index < -0.39 is 0 Å². The van der Waals surface area contributed by atoms with Gasteiger partial charge in [0, 0.05) is 25.7 Å². The normalized spacial score (nSPS) is 13.4. The number of aryl methyl sites for hydroxylation is 1. The van der Waals surface area contributed by atoms with E-state index >= 15 is 0 Å². The van der Waals surface area contributed by atoms with Crippen LogP contribution in [-0.2, 0) is 13.5 Å². The van der Waals surface area contributed by atoms with E-state index in [0.717, 1.165) is 25.0 Å². The van der Waals surface area contributed by atoms with Crippen LogP contribution >= 0.6 is 0 Å². The standard InChI is InChI=1S/C10H21N5/c1-4-8(5-2)10(12-11)6-9-7-15(3)14-13-9/h7-8,10,12H,4-6,11H2,1-3H3. The second-order valence-corrected chi connectivity index (χ2v) is 3.94. The van der Waals surface area contributed by atoms with Gasteiger partial charge < -0.3 is 0 Å². The maximum absolute atomic E-state index is 5.57. The molecular weight excluding hydrogens is 190 g/mol. The van der Waals surface area contributed by atoms with Crippen LogP contribution in [-0.4, -0.2) is 21.0 Å². The summed E-state index contributed by atoms with van der Waals surface area (Å²) < 4.78 is 1.72. The summed E-state index contributed by atoms with van der Waals surface area (Å²) in [6.07, 6.45) is 5.04. The molecule has 5 heteroatoms. The molecule has 86 valence electrons. The van der Waals surface area contributed by atoms with E-state index in [1.54, 1.807) is 4.68 Å². The van der Waals surface area contributed by atoms with Crippen LogP contribution < -0.4 is 11.3 Å². The number of hydrazine groups is 1. The Hall–Kier alpha value is -0.940. The van der Waals surface area contributed by atoms with Gasteiger partial charge >= 0.3 is 0 Å². The summed E-state index contributed by atoms with van der Waals surface area (Å²) in [4.78, 5) is 0. The highest BCUT2D eigenvalue weighted by molar-refractivity contribution is 4.96. The van der Waals surface area contributed by atoms with Crippen LogP contribution in [0.15, 0.2) is 6.20 Å². The minimum atomic E-state index is 0.289. The maximum Gasteiger partial charge on any atom is 0.0843 e. The summed E-state index contributed by atoms with van der Waals surface area (Å²) in [5.74, 6) is 6.17. The van der Waals surface area contributed by atoms with E-state index in [1.165, 1.54) is 0 Å². The molecule has 0 aliphatic carbocycles. The first kappa shape index (κ1) is 12.1. The lowest BCUT2D eigenvalue weighted by molar-refractivity contribution is 0.333. The van der Waals surface area contributed by atoms with E-state index in [2.05, 4.69) is 29.6 Å². The zero-order valence-electron chi connectivity index (χ0n) is 9.77. The average Bonchev–Trinajstić information content (AvgIpc) is 2.64. The molecule has 0 bridgehead atoms. The van der Waals surface area contributed by atoms with Gasteiger partial charge in [-0.3, -0.25) is 16.0 Å². The van der Waals surface area contributed by atoms with Gasteiger partial charge in [0.25, 0.3) is 0 Å². The van der Waals surface area contributed by atoms with Crippen molar-refractivity contribution in [2.24, 2.45) is 18.8 Å². The third kappa shape index (κ3) is 3.28. The predicted molar refractivity (Wildman–Crippen MR) is 59.9 cm³/mol. The number of rotatable bonds is 6. The molecule has 3 N–H and O–H groups in total. The molecule has 0 aliphatic heterocycles. The van der Waals surface area contributed by atoms with Crippen molar-refractivity contribution in [2.75, 3.05) is 0 Å². The van der Waals surface area contributed by atoms with Crippen LogP contribution in [0.25, 0.3) is 0 Å². The van der Waals surface area contributed by atoms with Crippen molar-refractivity contribution >= 4 is 0 Å². The van der Waals surface area contributed by atoms with Crippen molar-refractivity contribution in [2.45, 2.75) is 39.2 Å². The lowest BCUT2D eigenvalue weighted by atomic mass is 9.91. The highest BCUT2D eigenvalue weighted by Gasteiger charge is 2.18. The van der Waals surface area contributed by atoms with Crippen LogP contribution in [0.2, 0.25) is 0 Å². The molecule has 0 spiro atoms. The molecule has 15 heavy (non-hydrogen) atoms. The van der Waals surface area contributed by atoms with Crippen LogP contribution in [0.4, 0.5) is 0 Å². The molecule has 1 aromatic rings. The Labute approximate surface area is 91.0 Å². The third-order valence-corrected chi connectivity index (χ3v) is 2.91. The Bertz CT molecular complexity index is 279. The first-order valence-corrected chi connectivity index (χ1v) is 5.52. The van der Waals surface area contributed by atoms with Gasteiger partial charge in [-0.15, -0.1) is 5.10 Å². The van der Waals surface area contributed by atoms with Crippen molar-refractivity contribution in [3.63, 3.8) is 0 Å². The van der Waals surface area contributed by atoms with Crippen molar-refractivity contribution < 1.29 is 0 Å². The monoisotopic (exact) mass is 211 g/mol. The Kier molecular flexibility index (Phi) is 4.71. The zero-order chi connectivity index (χ0) is 11.3. The summed E-state index contributed by atoms with van der Waals surface area (Å²) in [7, 11) is 1.87. The predicted octanol–water partition coefficient (Wildman–Crippen LogP) is 0.626. The fourth-order valence-corrected chi connectivity index (χ4v) is 1.93.